The molecule has 0 aromatic rings. The summed E-state index contributed by atoms with van der Waals surface area (Å²) in [5.74, 6) is 0. The maximum absolute atomic E-state index is 2.23. The molecule has 0 saturated heterocycles. The van der Waals surface area contributed by atoms with Gasteiger partial charge < -0.3 is 0 Å². The normalized spacial score (nSPS) is 20.2. The van der Waals surface area contributed by atoms with Crippen LogP contribution in [0.25, 0.3) is 0 Å². The molecule has 0 radical (unpaired) electrons. The number of allylic oxidation sites excluding steroid dienone is 2. The molecular weight excluding hydrogens is 122 g/mol. The molecule has 1 aliphatic heterocycles. The number of unbranched alkanes of at least 4 members (excludes halogenated alkanes) is 1. The van der Waals surface area contributed by atoms with Crippen LogP contribution in [-0.4, -0.2) is 18.1 Å². The van der Waals surface area contributed by atoms with Crippen molar-refractivity contribution in [1.82, 2.24) is 0 Å². The fraction of sp³-hybridized carbons (Fsp3) is 0.556. The van der Waals surface area contributed by atoms with E-state index in [1.54, 1.807) is 0 Å². The van der Waals surface area contributed by atoms with E-state index in [1.165, 1.54) is 19.4 Å². The highest BCUT2D eigenvalue weighted by Crippen LogP contribution is 2.12. The zero-order valence-corrected chi connectivity index (χ0v) is 6.88. The van der Waals surface area contributed by atoms with E-state index in [2.05, 4.69) is 38.5 Å². The van der Waals surface area contributed by atoms with E-state index in [0.29, 0.717) is 0 Å². The summed E-state index contributed by atoms with van der Waals surface area (Å²) < 4.78 is 0.994. The molecule has 0 N–H and O–H groups in total. The Morgan fingerprint density at radius 1 is 1.20 bits per heavy atom. The fourth-order valence-corrected chi connectivity index (χ4v) is 1.19. The Morgan fingerprint density at radius 3 is 2.30 bits per heavy atom. The van der Waals surface area contributed by atoms with Crippen LogP contribution in [0.5, 0.6) is 0 Å². The second-order valence-electron chi connectivity index (χ2n) is 3.11. The van der Waals surface area contributed by atoms with E-state index >= 15 is 0 Å². The van der Waals surface area contributed by atoms with E-state index in [1.807, 2.05) is 0 Å². The predicted molar refractivity (Wildman–Crippen MR) is 44.2 cm³/mol. The highest BCUT2D eigenvalue weighted by Gasteiger charge is 2.15. The molecule has 0 saturated carbocycles. The molecule has 1 nitrogen and oxygen atoms in total. The van der Waals surface area contributed by atoms with Crippen molar-refractivity contribution < 1.29 is 4.48 Å². The molecule has 1 rings (SSSR count). The molecule has 1 heteroatoms. The Bertz CT molecular complexity index is 144. The lowest BCUT2D eigenvalue weighted by atomic mass is 10.3. The minimum Gasteiger partial charge on any atom is -0.273 e. The number of hydrogen-bond donors (Lipinski definition) is 0. The van der Waals surface area contributed by atoms with Crippen LogP contribution in [0, 0.1) is 0 Å². The van der Waals surface area contributed by atoms with Gasteiger partial charge in [0.2, 0.25) is 0 Å². The lowest BCUT2D eigenvalue weighted by Gasteiger charge is -2.22. The molecule has 0 aromatic carbocycles. The maximum atomic E-state index is 2.23. The number of quaternary nitrogens is 1. The van der Waals surface area contributed by atoms with E-state index in [4.69, 9.17) is 0 Å². The molecule has 0 fully saturated rings. The van der Waals surface area contributed by atoms with Gasteiger partial charge in [-0.15, -0.1) is 0 Å². The zero-order valence-electron chi connectivity index (χ0n) is 6.88. The average molecular weight is 138 g/mol. The highest BCUT2D eigenvalue weighted by molar-refractivity contribution is 5.03. The third-order valence-electron chi connectivity index (χ3n) is 1.96. The summed E-state index contributed by atoms with van der Waals surface area (Å²) in [4.78, 5) is 0. The molecule has 1 heterocycles. The van der Waals surface area contributed by atoms with Crippen LogP contribution in [0.3, 0.4) is 0 Å². The molecule has 0 bridgehead atoms. The van der Waals surface area contributed by atoms with Crippen molar-refractivity contribution in [2.45, 2.75) is 19.8 Å². The highest BCUT2D eigenvalue weighted by atomic mass is 15.3. The molecule has 0 aliphatic carbocycles. The maximum Gasteiger partial charge on any atom is 0.100 e. The Kier molecular flexibility index (Phi) is 2.28. The first-order chi connectivity index (χ1) is 4.77. The smallest absolute Gasteiger partial charge is 0.100 e. The second-order valence-corrected chi connectivity index (χ2v) is 3.11. The number of hydrogen-bond acceptors (Lipinski definition) is 0. The quantitative estimate of drug-likeness (QED) is 0.525. The van der Waals surface area contributed by atoms with Crippen molar-refractivity contribution in [3.05, 3.63) is 24.6 Å². The topological polar surface area (TPSA) is 0 Å². The van der Waals surface area contributed by atoms with Crippen LogP contribution in [0.2, 0.25) is 0 Å². The second kappa shape index (κ2) is 3.02. The first-order valence-corrected chi connectivity index (χ1v) is 3.99. The Morgan fingerprint density at radius 2 is 1.80 bits per heavy atom. The van der Waals surface area contributed by atoms with Crippen LogP contribution in [0.15, 0.2) is 24.6 Å². The van der Waals surface area contributed by atoms with Gasteiger partial charge in [0, 0.05) is 0 Å². The SMILES string of the molecule is CCCC[N+]1(C)C=CC=C1. The third kappa shape index (κ3) is 1.71. The van der Waals surface area contributed by atoms with Gasteiger partial charge in [0.05, 0.1) is 13.6 Å². The summed E-state index contributed by atoms with van der Waals surface area (Å²) in [6, 6.07) is 0. The molecule has 0 amide bonds. The molecule has 0 aromatic heterocycles. The van der Waals surface area contributed by atoms with Crippen LogP contribution in [-0.2, 0) is 0 Å². The Hall–Kier alpha value is -0.560. The van der Waals surface area contributed by atoms with Crippen molar-refractivity contribution in [2.75, 3.05) is 13.6 Å². The summed E-state index contributed by atoms with van der Waals surface area (Å²) in [5, 5.41) is 0. The molecule has 56 valence electrons. The van der Waals surface area contributed by atoms with E-state index in [0.717, 1.165) is 4.48 Å². The summed E-state index contributed by atoms with van der Waals surface area (Å²) in [5.41, 5.74) is 0. The van der Waals surface area contributed by atoms with Gasteiger partial charge in [-0.3, -0.25) is 4.48 Å². The molecule has 10 heavy (non-hydrogen) atoms. The molecule has 0 spiro atoms. The van der Waals surface area contributed by atoms with Gasteiger partial charge in [-0.2, -0.15) is 0 Å². The first-order valence-electron chi connectivity index (χ1n) is 3.99. The molecule has 0 unspecified atom stereocenters. The van der Waals surface area contributed by atoms with Gasteiger partial charge in [0.1, 0.15) is 12.4 Å². The minimum absolute atomic E-state index is 0.994. The molecule has 1 aliphatic rings. The van der Waals surface area contributed by atoms with Crippen LogP contribution < -0.4 is 0 Å². The average Bonchev–Trinajstić information content (AvgIpc) is 2.33. The van der Waals surface area contributed by atoms with E-state index in [-0.39, 0.29) is 0 Å². The Balaban J connectivity index is 2.38. The lowest BCUT2D eigenvalue weighted by molar-refractivity contribution is -0.804. The first kappa shape index (κ1) is 7.55. The van der Waals surface area contributed by atoms with Crippen molar-refractivity contribution in [3.8, 4) is 0 Å². The van der Waals surface area contributed by atoms with Gasteiger partial charge in [-0.05, 0) is 18.6 Å². The molecule has 0 atom stereocenters. The minimum atomic E-state index is 0.994. The van der Waals surface area contributed by atoms with Crippen LogP contribution >= 0.6 is 0 Å². The standard InChI is InChI=1S/C9H16N/c1-3-4-7-10(2)8-5-6-9-10/h5-6,8-9H,3-4,7H2,1-2H3/q+1. The lowest BCUT2D eigenvalue weighted by Crippen LogP contribution is -2.30. The van der Waals surface area contributed by atoms with Crippen molar-refractivity contribution in [1.29, 1.82) is 0 Å². The van der Waals surface area contributed by atoms with Gasteiger partial charge in [-0.25, -0.2) is 0 Å². The van der Waals surface area contributed by atoms with Crippen molar-refractivity contribution in [3.63, 3.8) is 0 Å². The van der Waals surface area contributed by atoms with Gasteiger partial charge >= 0.3 is 0 Å². The van der Waals surface area contributed by atoms with Crippen molar-refractivity contribution in [2.24, 2.45) is 0 Å². The monoisotopic (exact) mass is 138 g/mol. The number of rotatable bonds is 3. The Labute approximate surface area is 63.2 Å². The summed E-state index contributed by atoms with van der Waals surface area (Å²) in [7, 11) is 2.23. The van der Waals surface area contributed by atoms with Gasteiger partial charge in [-0.1, -0.05) is 13.3 Å². The molecular formula is C9H16N+. The third-order valence-corrected chi connectivity index (χ3v) is 1.96. The van der Waals surface area contributed by atoms with Crippen molar-refractivity contribution >= 4 is 0 Å². The summed E-state index contributed by atoms with van der Waals surface area (Å²) in [6.07, 6.45) is 11.3. The van der Waals surface area contributed by atoms with Crippen LogP contribution in [0.1, 0.15) is 19.8 Å². The summed E-state index contributed by atoms with van der Waals surface area (Å²) in [6.45, 7) is 3.47. The zero-order chi connectivity index (χ0) is 7.45. The fourth-order valence-electron chi connectivity index (χ4n) is 1.19. The van der Waals surface area contributed by atoms with E-state index in [9.17, 15) is 0 Å². The largest absolute Gasteiger partial charge is 0.273 e. The van der Waals surface area contributed by atoms with Gasteiger partial charge in [0.15, 0.2) is 0 Å². The number of nitrogens with zero attached hydrogens (tertiary/aromatic N) is 1. The van der Waals surface area contributed by atoms with E-state index < -0.39 is 0 Å². The van der Waals surface area contributed by atoms with Gasteiger partial charge in [0.25, 0.3) is 0 Å². The summed E-state index contributed by atoms with van der Waals surface area (Å²) >= 11 is 0. The van der Waals surface area contributed by atoms with Crippen LogP contribution in [0.4, 0.5) is 0 Å². The predicted octanol–water partition coefficient (Wildman–Crippen LogP) is 2.27.